The molecule has 0 aliphatic heterocycles. The van der Waals surface area contributed by atoms with Gasteiger partial charge in [-0.15, -0.1) is 0 Å². The van der Waals surface area contributed by atoms with Crippen molar-refractivity contribution in [3.8, 4) is 5.75 Å². The Labute approximate surface area is 127 Å². The molecule has 0 spiro atoms. The number of rotatable bonds is 3. The summed E-state index contributed by atoms with van der Waals surface area (Å²) in [5, 5.41) is 0. The van der Waals surface area contributed by atoms with Crippen molar-refractivity contribution in [3.05, 3.63) is 29.8 Å². The SMILES string of the molecule is COC(=O)Oc1ccc(C2CCC(C(C)C)CC2C)cc1. The Morgan fingerprint density at radius 2 is 1.86 bits per heavy atom. The molecule has 0 radical (unpaired) electrons. The first kappa shape index (κ1) is 15.9. The van der Waals surface area contributed by atoms with E-state index >= 15 is 0 Å². The summed E-state index contributed by atoms with van der Waals surface area (Å²) in [6.07, 6.45) is 3.20. The van der Waals surface area contributed by atoms with Crippen molar-refractivity contribution in [1.82, 2.24) is 0 Å². The van der Waals surface area contributed by atoms with Gasteiger partial charge >= 0.3 is 6.16 Å². The van der Waals surface area contributed by atoms with Gasteiger partial charge in [0.05, 0.1) is 7.11 Å². The largest absolute Gasteiger partial charge is 0.513 e. The first-order valence-corrected chi connectivity index (χ1v) is 7.87. The fourth-order valence-corrected chi connectivity index (χ4v) is 3.46. The van der Waals surface area contributed by atoms with Crippen LogP contribution < -0.4 is 4.74 Å². The maximum Gasteiger partial charge on any atom is 0.513 e. The van der Waals surface area contributed by atoms with E-state index in [1.807, 2.05) is 12.1 Å². The van der Waals surface area contributed by atoms with E-state index in [0.29, 0.717) is 17.6 Å². The van der Waals surface area contributed by atoms with E-state index in [2.05, 4.69) is 37.6 Å². The monoisotopic (exact) mass is 290 g/mol. The molecule has 1 aromatic rings. The van der Waals surface area contributed by atoms with Gasteiger partial charge in [-0.3, -0.25) is 0 Å². The van der Waals surface area contributed by atoms with Crippen LogP contribution >= 0.6 is 0 Å². The Hall–Kier alpha value is -1.51. The highest BCUT2D eigenvalue weighted by atomic mass is 16.7. The molecule has 1 aliphatic carbocycles. The van der Waals surface area contributed by atoms with E-state index in [9.17, 15) is 4.79 Å². The predicted octanol–water partition coefficient (Wildman–Crippen LogP) is 5.01. The van der Waals surface area contributed by atoms with Gasteiger partial charge in [0.15, 0.2) is 0 Å². The fraction of sp³-hybridized carbons (Fsp3) is 0.611. The van der Waals surface area contributed by atoms with Crippen LogP contribution in [0.1, 0.15) is 51.5 Å². The third kappa shape index (κ3) is 3.99. The van der Waals surface area contributed by atoms with Crippen LogP contribution in [0.2, 0.25) is 0 Å². The normalized spacial score (nSPS) is 25.7. The number of ether oxygens (including phenoxy) is 2. The molecule has 0 saturated heterocycles. The highest BCUT2D eigenvalue weighted by molar-refractivity contribution is 5.63. The van der Waals surface area contributed by atoms with Crippen LogP contribution in [-0.4, -0.2) is 13.3 Å². The lowest BCUT2D eigenvalue weighted by molar-refractivity contribution is 0.121. The molecule has 1 saturated carbocycles. The first-order chi connectivity index (χ1) is 10.0. The summed E-state index contributed by atoms with van der Waals surface area (Å²) in [6, 6.07) is 7.87. The van der Waals surface area contributed by atoms with Crippen LogP contribution in [0.4, 0.5) is 4.79 Å². The Kier molecular flexibility index (Phi) is 5.27. The maximum absolute atomic E-state index is 11.1. The van der Waals surface area contributed by atoms with Gasteiger partial charge in [-0.05, 0) is 60.6 Å². The molecule has 1 aliphatic rings. The van der Waals surface area contributed by atoms with Gasteiger partial charge in [0, 0.05) is 0 Å². The van der Waals surface area contributed by atoms with Gasteiger partial charge in [0.2, 0.25) is 0 Å². The quantitative estimate of drug-likeness (QED) is 0.580. The molecule has 3 unspecified atom stereocenters. The minimum absolute atomic E-state index is 0.536. The first-order valence-electron chi connectivity index (χ1n) is 7.87. The number of hydrogen-bond acceptors (Lipinski definition) is 3. The highest BCUT2D eigenvalue weighted by Crippen LogP contribution is 2.42. The van der Waals surface area contributed by atoms with Gasteiger partial charge in [0.25, 0.3) is 0 Å². The third-order valence-corrected chi connectivity index (χ3v) is 4.83. The summed E-state index contributed by atoms with van der Waals surface area (Å²) in [4.78, 5) is 11.1. The Morgan fingerprint density at radius 1 is 1.19 bits per heavy atom. The second-order valence-electron chi connectivity index (χ2n) is 6.53. The molecule has 3 atom stereocenters. The summed E-state index contributed by atoms with van der Waals surface area (Å²) in [5.41, 5.74) is 1.35. The van der Waals surface area contributed by atoms with E-state index in [0.717, 1.165) is 11.8 Å². The van der Waals surface area contributed by atoms with E-state index in [-0.39, 0.29) is 0 Å². The highest BCUT2D eigenvalue weighted by Gasteiger charge is 2.29. The topological polar surface area (TPSA) is 35.5 Å². The summed E-state index contributed by atoms with van der Waals surface area (Å²) < 4.78 is 9.51. The maximum atomic E-state index is 11.1. The van der Waals surface area contributed by atoms with Crippen molar-refractivity contribution in [2.45, 2.75) is 46.0 Å². The molecule has 1 aromatic carbocycles. The third-order valence-electron chi connectivity index (χ3n) is 4.83. The molecule has 1 fully saturated rings. The van der Waals surface area contributed by atoms with Gasteiger partial charge < -0.3 is 9.47 Å². The van der Waals surface area contributed by atoms with Crippen LogP contribution in [0.3, 0.4) is 0 Å². The van der Waals surface area contributed by atoms with Gasteiger partial charge in [0.1, 0.15) is 5.75 Å². The summed E-state index contributed by atoms with van der Waals surface area (Å²) >= 11 is 0. The molecule has 3 nitrogen and oxygen atoms in total. The number of benzene rings is 1. The molecular formula is C18H26O3. The van der Waals surface area contributed by atoms with Crippen LogP contribution in [0.5, 0.6) is 5.75 Å². The fourth-order valence-electron chi connectivity index (χ4n) is 3.46. The van der Waals surface area contributed by atoms with Crippen LogP contribution in [0.15, 0.2) is 24.3 Å². The van der Waals surface area contributed by atoms with Crippen molar-refractivity contribution < 1.29 is 14.3 Å². The second-order valence-corrected chi connectivity index (χ2v) is 6.53. The molecule has 2 rings (SSSR count). The molecule has 0 amide bonds. The minimum Gasteiger partial charge on any atom is -0.437 e. The second kappa shape index (κ2) is 6.97. The zero-order chi connectivity index (χ0) is 15.4. The Balaban J connectivity index is 2.01. The van der Waals surface area contributed by atoms with Crippen molar-refractivity contribution in [2.75, 3.05) is 7.11 Å². The molecule has 0 bridgehead atoms. The number of carbonyl (C=O) groups is 1. The van der Waals surface area contributed by atoms with Gasteiger partial charge in [-0.2, -0.15) is 0 Å². The summed E-state index contributed by atoms with van der Waals surface area (Å²) in [5.74, 6) is 3.50. The molecular weight excluding hydrogens is 264 g/mol. The molecule has 0 aromatic heterocycles. The van der Waals surface area contributed by atoms with Gasteiger partial charge in [-0.25, -0.2) is 4.79 Å². The van der Waals surface area contributed by atoms with Crippen molar-refractivity contribution in [3.63, 3.8) is 0 Å². The number of hydrogen-bond donors (Lipinski definition) is 0. The van der Waals surface area contributed by atoms with Crippen LogP contribution in [0.25, 0.3) is 0 Å². The zero-order valence-corrected chi connectivity index (χ0v) is 13.5. The zero-order valence-electron chi connectivity index (χ0n) is 13.5. The van der Waals surface area contributed by atoms with Gasteiger partial charge in [-0.1, -0.05) is 32.9 Å². The average molecular weight is 290 g/mol. The van der Waals surface area contributed by atoms with Crippen LogP contribution in [0, 0.1) is 17.8 Å². The Morgan fingerprint density at radius 3 is 2.38 bits per heavy atom. The lowest BCUT2D eigenvalue weighted by Gasteiger charge is -2.36. The molecule has 0 heterocycles. The van der Waals surface area contributed by atoms with E-state index in [1.54, 1.807) is 0 Å². The number of methoxy groups -OCH3 is 1. The van der Waals surface area contributed by atoms with E-state index in [1.165, 1.54) is 31.9 Å². The minimum atomic E-state index is -0.673. The lowest BCUT2D eigenvalue weighted by atomic mass is 9.69. The summed E-state index contributed by atoms with van der Waals surface area (Å²) in [7, 11) is 1.31. The predicted molar refractivity (Wildman–Crippen MR) is 83.6 cm³/mol. The van der Waals surface area contributed by atoms with Crippen molar-refractivity contribution >= 4 is 6.16 Å². The van der Waals surface area contributed by atoms with Crippen molar-refractivity contribution in [2.24, 2.45) is 17.8 Å². The lowest BCUT2D eigenvalue weighted by Crippen LogP contribution is -2.24. The van der Waals surface area contributed by atoms with E-state index < -0.39 is 6.16 Å². The smallest absolute Gasteiger partial charge is 0.437 e. The molecule has 3 heteroatoms. The van der Waals surface area contributed by atoms with E-state index in [4.69, 9.17) is 4.74 Å². The average Bonchev–Trinajstić information content (AvgIpc) is 2.48. The number of carbonyl (C=O) groups excluding carboxylic acids is 1. The Bertz CT molecular complexity index is 464. The summed E-state index contributed by atoms with van der Waals surface area (Å²) in [6.45, 7) is 7.02. The standard InChI is InChI=1S/C18H26O3/c1-12(2)15-7-10-17(13(3)11-15)14-5-8-16(9-6-14)21-18(19)20-4/h5-6,8-9,12-13,15,17H,7,10-11H2,1-4H3. The van der Waals surface area contributed by atoms with Crippen molar-refractivity contribution in [1.29, 1.82) is 0 Å². The van der Waals surface area contributed by atoms with Crippen LogP contribution in [-0.2, 0) is 4.74 Å². The molecule has 0 N–H and O–H groups in total. The molecule has 21 heavy (non-hydrogen) atoms. The molecule has 116 valence electrons.